The number of nitrogens with one attached hydrogen (secondary N) is 2. The van der Waals surface area contributed by atoms with Crippen LogP contribution in [0.1, 0.15) is 41.3 Å². The highest BCUT2D eigenvalue weighted by atomic mass is 35.5. The van der Waals surface area contributed by atoms with Crippen LogP contribution in [-0.4, -0.2) is 86.6 Å². The highest BCUT2D eigenvalue weighted by Crippen LogP contribution is 2.39. The van der Waals surface area contributed by atoms with E-state index in [1.165, 1.54) is 23.9 Å². The molecule has 5 aromatic rings. The molecule has 1 fully saturated rings. The van der Waals surface area contributed by atoms with Gasteiger partial charge >= 0.3 is 5.51 Å². The van der Waals surface area contributed by atoms with Crippen molar-refractivity contribution >= 4 is 62.4 Å². The zero-order valence-electron chi connectivity index (χ0n) is 33.4. The molecule has 0 radical (unpaired) electrons. The second-order valence-electron chi connectivity index (χ2n) is 14.8. The Hall–Kier alpha value is -4.22. The lowest BCUT2D eigenvalue weighted by Gasteiger charge is -2.36. The fourth-order valence-electron chi connectivity index (χ4n) is 7.18. The summed E-state index contributed by atoms with van der Waals surface area (Å²) in [6.45, 7) is 2.25. The molecular weight excluding hydrogens is 865 g/mol. The van der Waals surface area contributed by atoms with E-state index >= 15 is 0 Å². The summed E-state index contributed by atoms with van der Waals surface area (Å²) in [5.41, 5.74) is -1.72. The maximum Gasteiger partial charge on any atom is 0.501 e. The van der Waals surface area contributed by atoms with E-state index in [4.69, 9.17) is 11.6 Å². The molecule has 0 unspecified atom stereocenters. The predicted molar refractivity (Wildman–Crippen MR) is 240 cm³/mol. The van der Waals surface area contributed by atoms with Crippen LogP contribution in [0.2, 0.25) is 5.02 Å². The number of piperidine rings is 1. The van der Waals surface area contributed by atoms with Crippen molar-refractivity contribution in [1.82, 2.24) is 9.62 Å². The number of nitrogens with zero attached hydrogens (tertiary/aromatic N) is 2. The van der Waals surface area contributed by atoms with Crippen LogP contribution in [0.15, 0.2) is 136 Å². The minimum atomic E-state index is -5.79. The maximum atomic E-state index is 14.0. The van der Waals surface area contributed by atoms with Gasteiger partial charge in [0.05, 0.1) is 18.4 Å². The van der Waals surface area contributed by atoms with E-state index in [1.54, 1.807) is 12.1 Å². The van der Waals surface area contributed by atoms with Crippen LogP contribution < -0.4 is 14.9 Å². The number of carbonyl (C=O) groups excluding carboxylic acids is 1. The van der Waals surface area contributed by atoms with Gasteiger partial charge in [-0.1, -0.05) is 66.2 Å². The lowest BCUT2D eigenvalue weighted by atomic mass is 9.84. The molecule has 324 valence electrons. The van der Waals surface area contributed by atoms with Gasteiger partial charge < -0.3 is 25.3 Å². The van der Waals surface area contributed by atoms with Gasteiger partial charge in [0.2, 0.25) is 0 Å². The number of alkyl halides is 3. The number of benzene rings is 5. The van der Waals surface area contributed by atoms with Crippen molar-refractivity contribution in [2.75, 3.05) is 55.8 Å². The molecule has 1 saturated heterocycles. The molecule has 5 aromatic carbocycles. The normalized spacial score (nSPS) is 14.8. The number of carbonyl (C=O) groups is 1. The fraction of sp³-hybridized carbons (Fsp3) is 0.311. The highest BCUT2D eigenvalue weighted by molar-refractivity contribution is 7.99. The molecule has 6 rings (SSSR count). The average molecular weight is 914 g/mol. The summed E-state index contributed by atoms with van der Waals surface area (Å²) in [6.07, 6.45) is 1.32. The lowest BCUT2D eigenvalue weighted by molar-refractivity contribution is -0.0435. The van der Waals surface area contributed by atoms with Crippen LogP contribution in [-0.2, 0) is 9.84 Å². The zero-order chi connectivity index (χ0) is 43.6. The van der Waals surface area contributed by atoms with Crippen molar-refractivity contribution in [2.24, 2.45) is 5.92 Å². The average Bonchev–Trinajstić information content (AvgIpc) is 3.27. The number of hydrogen-bond acceptors (Lipinski definition) is 10. The number of hydrogen-bond donors (Lipinski definition) is 4. The number of halogens is 4. The molecule has 1 amide bonds. The number of aliphatic hydroxyl groups is 2. The van der Waals surface area contributed by atoms with Crippen molar-refractivity contribution < 1.29 is 36.6 Å². The van der Waals surface area contributed by atoms with Crippen molar-refractivity contribution in [2.45, 2.75) is 51.6 Å². The van der Waals surface area contributed by atoms with Gasteiger partial charge in [0, 0.05) is 57.5 Å². The van der Waals surface area contributed by atoms with Gasteiger partial charge in [-0.05, 0) is 134 Å². The summed E-state index contributed by atoms with van der Waals surface area (Å²) in [5.74, 6) is -0.0336. The Balaban J connectivity index is 1.09. The number of sulfone groups is 1. The van der Waals surface area contributed by atoms with Crippen LogP contribution in [0, 0.1) is 5.92 Å². The molecule has 0 bridgehead atoms. The van der Waals surface area contributed by atoms with Gasteiger partial charge in [-0.2, -0.15) is 13.2 Å². The second-order valence-corrected chi connectivity index (χ2v) is 19.2. The molecule has 0 aromatic heterocycles. The Labute approximate surface area is 368 Å². The van der Waals surface area contributed by atoms with Gasteiger partial charge in [0.1, 0.15) is 4.90 Å². The van der Waals surface area contributed by atoms with Crippen molar-refractivity contribution in [3.63, 3.8) is 0 Å². The summed E-state index contributed by atoms with van der Waals surface area (Å²) >= 11 is 8.31. The second kappa shape index (κ2) is 21.2. The summed E-state index contributed by atoms with van der Waals surface area (Å²) < 4.78 is 70.6. The fourth-order valence-corrected chi connectivity index (χ4v) is 9.97. The zero-order valence-corrected chi connectivity index (χ0v) is 36.6. The molecule has 0 saturated carbocycles. The van der Waals surface area contributed by atoms with Crippen LogP contribution in [0.4, 0.5) is 24.5 Å². The van der Waals surface area contributed by atoms with Crippen LogP contribution >= 0.6 is 35.3 Å². The Kier molecular flexibility index (Phi) is 16.1. The van der Waals surface area contributed by atoms with Gasteiger partial charge in [-0.25, -0.2) is 8.42 Å². The number of aliphatic hydroxyl groups excluding tert-OH is 2. The Morgan fingerprint density at radius 3 is 2.25 bits per heavy atom. The van der Waals surface area contributed by atoms with Gasteiger partial charge in [0.25, 0.3) is 15.7 Å². The molecule has 4 N–H and O–H groups in total. The first-order valence-electron chi connectivity index (χ1n) is 19.8. The number of thioether (sulfide) groups is 1. The number of likely N-dealkylation sites (N-methyl/N-ethyl adjacent to an activating group) is 1. The van der Waals surface area contributed by atoms with Crippen molar-refractivity contribution in [1.29, 1.82) is 0 Å². The van der Waals surface area contributed by atoms with E-state index in [9.17, 15) is 36.6 Å². The molecule has 0 aliphatic carbocycles. The van der Waals surface area contributed by atoms with E-state index in [0.717, 1.165) is 58.1 Å². The van der Waals surface area contributed by atoms with E-state index in [2.05, 4.69) is 14.9 Å². The maximum absolute atomic E-state index is 14.0. The van der Waals surface area contributed by atoms with E-state index in [0.29, 0.717) is 48.9 Å². The quantitative estimate of drug-likeness (QED) is 0.0500. The molecule has 9 nitrogen and oxygen atoms in total. The third-order valence-electron chi connectivity index (χ3n) is 10.6. The van der Waals surface area contributed by atoms with Gasteiger partial charge in [-0.15, -0.1) is 11.8 Å². The highest BCUT2D eigenvalue weighted by Gasteiger charge is 2.48. The lowest BCUT2D eigenvalue weighted by Crippen LogP contribution is -2.35. The first-order valence-corrected chi connectivity index (χ1v) is 23.4. The minimum absolute atomic E-state index is 0.0488. The molecule has 2 atom stereocenters. The molecule has 1 aliphatic rings. The van der Waals surface area contributed by atoms with Crippen LogP contribution in [0.3, 0.4) is 0 Å². The summed E-state index contributed by atoms with van der Waals surface area (Å²) in [4.78, 5) is 17.4. The number of amides is 1. The van der Waals surface area contributed by atoms with Crippen LogP contribution in [0.25, 0.3) is 11.1 Å². The predicted octanol–water partition coefficient (Wildman–Crippen LogP) is 9.57. The molecule has 1 aliphatic heterocycles. The molecule has 1 heterocycles. The van der Waals surface area contributed by atoms with E-state index in [1.807, 2.05) is 103 Å². The minimum Gasteiger partial charge on any atom is -0.395 e. The first kappa shape index (κ1) is 46.3. The molecular formula is C45H48ClF3N4O5S3. The first-order chi connectivity index (χ1) is 29.2. The summed E-state index contributed by atoms with van der Waals surface area (Å²) in [6, 6.07) is 35.1. The van der Waals surface area contributed by atoms with Gasteiger partial charge in [-0.3, -0.25) is 9.52 Å². The van der Waals surface area contributed by atoms with Crippen molar-refractivity contribution in [3.8, 4) is 11.1 Å². The third kappa shape index (κ3) is 12.2. The van der Waals surface area contributed by atoms with Gasteiger partial charge in [0.15, 0.2) is 0 Å². The topological polar surface area (TPSA) is 122 Å². The Bertz CT molecular complexity index is 2320. The third-order valence-corrected chi connectivity index (χ3v) is 14.3. The summed E-state index contributed by atoms with van der Waals surface area (Å²) in [5, 5.41) is 24.5. The Morgan fingerprint density at radius 2 is 1.57 bits per heavy atom. The monoisotopic (exact) mass is 912 g/mol. The molecule has 16 heteroatoms. The SMILES string of the molecule is CN(CCO)CC[C@H](CSc1ccccc1)Nc1ccc(SNC(=O)c2ccc(N3CCC([C@@H](O)c4ccccc4-c4ccc(Cl)cc4)CC3)cc2)cc1S(=O)(=O)C(F)(F)F. The van der Waals surface area contributed by atoms with E-state index in [-0.39, 0.29) is 23.1 Å². The molecule has 61 heavy (non-hydrogen) atoms. The van der Waals surface area contributed by atoms with E-state index < -0.39 is 38.3 Å². The smallest absolute Gasteiger partial charge is 0.395 e. The number of anilines is 2. The van der Waals surface area contributed by atoms with Crippen molar-refractivity contribution in [3.05, 3.63) is 137 Å². The summed E-state index contributed by atoms with van der Waals surface area (Å²) in [7, 11) is -3.97. The number of rotatable bonds is 18. The Morgan fingerprint density at radius 1 is 0.902 bits per heavy atom. The molecule has 0 spiro atoms. The standard InChI is InChI=1S/C45H48ClF3N4O5S3/c1-52(27-28-54)24-23-35(30-59-37-7-3-2-4-8-37)50-41-20-19-38(29-42(41)61(57,58)45(47,48)49)60-51-44(56)33-13-17-36(18-14-33)53-25-21-32(22-26-53)43(55)40-10-6-5-9-39(40)31-11-15-34(46)16-12-31/h2-20,29,32,35,43,50,54-55H,21-28,30H2,1H3,(H,51,56)/t35-,43-/m1/s1. The largest absolute Gasteiger partial charge is 0.501 e. The van der Waals surface area contributed by atoms with Crippen LogP contribution in [0.5, 0.6) is 0 Å².